The van der Waals surface area contributed by atoms with Crippen molar-refractivity contribution in [1.29, 1.82) is 0 Å². The molecular weight excluding hydrogens is 411 g/mol. The summed E-state index contributed by atoms with van der Waals surface area (Å²) < 4.78 is 5.19. The number of methoxy groups -OCH3 is 1. The van der Waals surface area contributed by atoms with E-state index >= 15 is 0 Å². The number of likely N-dealkylation sites (N-methyl/N-ethyl adjacent to an activating group) is 1. The van der Waals surface area contributed by atoms with Crippen LogP contribution >= 0.6 is 23.2 Å². The predicted octanol–water partition coefficient (Wildman–Crippen LogP) is 4.66. The van der Waals surface area contributed by atoms with Gasteiger partial charge < -0.3 is 14.5 Å². The molecule has 0 aromatic heterocycles. The molecule has 1 aliphatic heterocycles. The van der Waals surface area contributed by atoms with Gasteiger partial charge >= 0.3 is 0 Å². The van der Waals surface area contributed by atoms with Gasteiger partial charge in [-0.1, -0.05) is 35.3 Å². The van der Waals surface area contributed by atoms with Crippen molar-refractivity contribution in [3.8, 4) is 5.75 Å². The van der Waals surface area contributed by atoms with E-state index in [-0.39, 0.29) is 11.8 Å². The van der Waals surface area contributed by atoms with E-state index in [0.29, 0.717) is 41.7 Å². The summed E-state index contributed by atoms with van der Waals surface area (Å²) in [6.45, 7) is 3.55. The monoisotopic (exact) mass is 434 g/mol. The quantitative estimate of drug-likeness (QED) is 0.664. The molecule has 1 fully saturated rings. The number of likely N-dealkylation sites (tertiary alicyclic amines) is 1. The molecule has 2 amide bonds. The molecule has 1 atom stereocenters. The Bertz CT molecular complexity index is 886. The Balaban J connectivity index is 1.74. The van der Waals surface area contributed by atoms with Gasteiger partial charge in [-0.3, -0.25) is 9.59 Å². The molecule has 0 radical (unpaired) electrons. The summed E-state index contributed by atoms with van der Waals surface area (Å²) in [4.78, 5) is 29.7. The zero-order chi connectivity index (χ0) is 21.0. The van der Waals surface area contributed by atoms with Crippen molar-refractivity contribution in [1.82, 2.24) is 9.80 Å². The van der Waals surface area contributed by atoms with Crippen molar-refractivity contribution in [3.05, 3.63) is 63.6 Å². The number of hydrogen-bond donors (Lipinski definition) is 0. The highest BCUT2D eigenvalue weighted by molar-refractivity contribution is 6.42. The summed E-state index contributed by atoms with van der Waals surface area (Å²) in [6.07, 6.45) is 1.45. The van der Waals surface area contributed by atoms with Crippen LogP contribution in [-0.2, 0) is 11.3 Å². The van der Waals surface area contributed by atoms with Gasteiger partial charge in [-0.05, 0) is 55.7 Å². The highest BCUT2D eigenvalue weighted by Crippen LogP contribution is 2.27. The maximum atomic E-state index is 13.2. The van der Waals surface area contributed by atoms with E-state index in [1.165, 1.54) is 0 Å². The van der Waals surface area contributed by atoms with Crippen LogP contribution in [0, 0.1) is 0 Å². The minimum Gasteiger partial charge on any atom is -0.497 e. The zero-order valence-electron chi connectivity index (χ0n) is 16.5. The first-order chi connectivity index (χ1) is 13.9. The standard InChI is InChI=1S/C22H24Cl2N2O3/c1-3-25(14-15-6-9-17(29-2)10-7-15)22(28)20-5-4-12-26(20)21(27)16-8-11-18(23)19(24)13-16/h6-11,13,20H,3-5,12,14H2,1-2H3. The maximum Gasteiger partial charge on any atom is 0.254 e. The number of benzene rings is 2. The van der Waals surface area contributed by atoms with E-state index in [1.807, 2.05) is 31.2 Å². The molecule has 0 saturated carbocycles. The Morgan fingerprint density at radius 1 is 1.14 bits per heavy atom. The Morgan fingerprint density at radius 2 is 1.86 bits per heavy atom. The molecule has 0 bridgehead atoms. The van der Waals surface area contributed by atoms with Gasteiger partial charge in [0.2, 0.25) is 5.91 Å². The number of amides is 2. The second kappa shape index (κ2) is 9.51. The SMILES string of the molecule is CCN(Cc1ccc(OC)cc1)C(=O)C1CCCN1C(=O)c1ccc(Cl)c(Cl)c1. The second-order valence-electron chi connectivity index (χ2n) is 6.99. The Labute approximate surface area is 181 Å². The van der Waals surface area contributed by atoms with Gasteiger partial charge in [-0.2, -0.15) is 0 Å². The molecule has 0 N–H and O–H groups in total. The van der Waals surface area contributed by atoms with Gasteiger partial charge in [-0.15, -0.1) is 0 Å². The van der Waals surface area contributed by atoms with Gasteiger partial charge in [0.25, 0.3) is 5.91 Å². The van der Waals surface area contributed by atoms with E-state index < -0.39 is 6.04 Å². The largest absolute Gasteiger partial charge is 0.497 e. The first kappa shape index (κ1) is 21.5. The van der Waals surface area contributed by atoms with Crippen molar-refractivity contribution in [2.75, 3.05) is 20.2 Å². The molecule has 1 unspecified atom stereocenters. The number of carbonyl (C=O) groups excluding carboxylic acids is 2. The molecule has 7 heteroatoms. The van der Waals surface area contributed by atoms with Crippen LogP contribution in [0.2, 0.25) is 10.0 Å². The van der Waals surface area contributed by atoms with Crippen LogP contribution in [0.3, 0.4) is 0 Å². The third-order valence-electron chi connectivity index (χ3n) is 5.19. The number of rotatable bonds is 6. The summed E-state index contributed by atoms with van der Waals surface area (Å²) in [5.74, 6) is 0.548. The molecule has 3 rings (SSSR count). The molecule has 0 spiro atoms. The van der Waals surface area contributed by atoms with Crippen LogP contribution in [-0.4, -0.2) is 47.9 Å². The van der Waals surface area contributed by atoms with E-state index in [0.717, 1.165) is 17.7 Å². The fourth-order valence-corrected chi connectivity index (χ4v) is 3.87. The highest BCUT2D eigenvalue weighted by atomic mass is 35.5. The van der Waals surface area contributed by atoms with Crippen LogP contribution in [0.1, 0.15) is 35.7 Å². The van der Waals surface area contributed by atoms with E-state index in [2.05, 4.69) is 0 Å². The first-order valence-electron chi connectivity index (χ1n) is 9.62. The predicted molar refractivity (Wildman–Crippen MR) is 115 cm³/mol. The average molecular weight is 435 g/mol. The maximum absolute atomic E-state index is 13.2. The molecule has 1 saturated heterocycles. The molecule has 2 aromatic carbocycles. The molecular formula is C22H24Cl2N2O3. The number of carbonyl (C=O) groups is 2. The molecule has 29 heavy (non-hydrogen) atoms. The van der Waals surface area contributed by atoms with Crippen molar-refractivity contribution in [3.63, 3.8) is 0 Å². The lowest BCUT2D eigenvalue weighted by molar-refractivity contribution is -0.135. The van der Waals surface area contributed by atoms with E-state index in [9.17, 15) is 9.59 Å². The normalized spacial score (nSPS) is 16.0. The summed E-state index contributed by atoms with van der Waals surface area (Å²) >= 11 is 12.0. The second-order valence-corrected chi connectivity index (χ2v) is 7.80. The number of halogens is 2. The van der Waals surface area contributed by atoms with Crippen LogP contribution in [0.25, 0.3) is 0 Å². The van der Waals surface area contributed by atoms with Crippen molar-refractivity contribution in [2.24, 2.45) is 0 Å². The van der Waals surface area contributed by atoms with Gasteiger partial charge in [0, 0.05) is 25.2 Å². The molecule has 5 nitrogen and oxygen atoms in total. The molecule has 1 heterocycles. The molecule has 2 aromatic rings. The van der Waals surface area contributed by atoms with E-state index in [1.54, 1.807) is 35.1 Å². The van der Waals surface area contributed by atoms with Gasteiger partial charge in [0.05, 0.1) is 17.2 Å². The minimum atomic E-state index is -0.463. The first-order valence-corrected chi connectivity index (χ1v) is 10.4. The third kappa shape index (κ3) is 4.85. The van der Waals surface area contributed by atoms with Gasteiger partial charge in [0.1, 0.15) is 11.8 Å². The average Bonchev–Trinajstić information content (AvgIpc) is 3.23. The Kier molecular flexibility index (Phi) is 7.04. The smallest absolute Gasteiger partial charge is 0.254 e. The zero-order valence-corrected chi connectivity index (χ0v) is 18.0. The fourth-order valence-electron chi connectivity index (χ4n) is 3.57. The lowest BCUT2D eigenvalue weighted by atomic mass is 10.1. The lowest BCUT2D eigenvalue weighted by Crippen LogP contribution is -2.47. The molecule has 154 valence electrons. The summed E-state index contributed by atoms with van der Waals surface area (Å²) in [6, 6.07) is 12.0. The summed E-state index contributed by atoms with van der Waals surface area (Å²) in [7, 11) is 1.62. The Hall–Kier alpha value is -2.24. The van der Waals surface area contributed by atoms with Crippen LogP contribution < -0.4 is 4.74 Å². The highest BCUT2D eigenvalue weighted by Gasteiger charge is 2.36. The summed E-state index contributed by atoms with van der Waals surface area (Å²) in [5.41, 5.74) is 1.46. The van der Waals surface area contributed by atoms with E-state index in [4.69, 9.17) is 27.9 Å². The minimum absolute atomic E-state index is 0.0331. The topological polar surface area (TPSA) is 49.9 Å². The van der Waals surface area contributed by atoms with Crippen molar-refractivity contribution < 1.29 is 14.3 Å². The number of hydrogen-bond acceptors (Lipinski definition) is 3. The molecule has 0 aliphatic carbocycles. The Morgan fingerprint density at radius 3 is 2.48 bits per heavy atom. The fraction of sp³-hybridized carbons (Fsp3) is 0.364. The molecule has 1 aliphatic rings. The van der Waals surface area contributed by atoms with Crippen molar-refractivity contribution >= 4 is 35.0 Å². The van der Waals surface area contributed by atoms with Crippen LogP contribution in [0.4, 0.5) is 0 Å². The van der Waals surface area contributed by atoms with Gasteiger partial charge in [0.15, 0.2) is 0 Å². The number of ether oxygens (including phenoxy) is 1. The summed E-state index contributed by atoms with van der Waals surface area (Å²) in [5, 5.41) is 0.725. The van der Waals surface area contributed by atoms with Crippen molar-refractivity contribution in [2.45, 2.75) is 32.4 Å². The lowest BCUT2D eigenvalue weighted by Gasteiger charge is -2.30. The van der Waals surface area contributed by atoms with Gasteiger partial charge in [-0.25, -0.2) is 0 Å². The van der Waals surface area contributed by atoms with Crippen LogP contribution in [0.5, 0.6) is 5.75 Å². The van der Waals surface area contributed by atoms with Crippen LogP contribution in [0.15, 0.2) is 42.5 Å². The third-order valence-corrected chi connectivity index (χ3v) is 5.93. The number of nitrogens with zero attached hydrogens (tertiary/aromatic N) is 2.